The molecule has 0 aliphatic heterocycles. The van der Waals surface area contributed by atoms with Gasteiger partial charge < -0.3 is 9.30 Å². The number of aromatic nitrogens is 1. The van der Waals surface area contributed by atoms with E-state index in [1.54, 1.807) is 24.3 Å². The highest BCUT2D eigenvalue weighted by atomic mass is 32.2. The van der Waals surface area contributed by atoms with Crippen molar-refractivity contribution in [3.05, 3.63) is 83.4 Å². The van der Waals surface area contributed by atoms with Crippen LogP contribution < -0.4 is 0 Å². The molecule has 1 heterocycles. The molecule has 1 aromatic heterocycles. The lowest BCUT2D eigenvalue weighted by Crippen LogP contribution is -2.16. The average Bonchev–Trinajstić information content (AvgIpc) is 3.00. The number of carbonyl (C=O) groups is 2. The molecule has 0 saturated heterocycles. The zero-order chi connectivity index (χ0) is 20.1. The van der Waals surface area contributed by atoms with Crippen molar-refractivity contribution in [2.24, 2.45) is 0 Å². The van der Waals surface area contributed by atoms with Crippen LogP contribution in [0.1, 0.15) is 21.7 Å². The number of rotatable bonds is 7. The maximum atomic E-state index is 13.6. The van der Waals surface area contributed by atoms with Crippen molar-refractivity contribution in [3.8, 4) is 5.69 Å². The molecule has 4 nitrogen and oxygen atoms in total. The molecule has 6 heteroatoms. The van der Waals surface area contributed by atoms with Gasteiger partial charge in [-0.2, -0.15) is 0 Å². The van der Waals surface area contributed by atoms with Crippen LogP contribution in [-0.4, -0.2) is 28.7 Å². The summed E-state index contributed by atoms with van der Waals surface area (Å²) in [6.45, 7) is 3.45. The molecule has 0 aliphatic carbocycles. The third kappa shape index (κ3) is 4.51. The molecule has 0 fully saturated rings. The summed E-state index contributed by atoms with van der Waals surface area (Å²) in [4.78, 5) is 24.8. The van der Waals surface area contributed by atoms with Gasteiger partial charge in [-0.15, -0.1) is 11.8 Å². The maximum absolute atomic E-state index is 13.6. The van der Waals surface area contributed by atoms with E-state index >= 15 is 0 Å². The third-order valence-corrected chi connectivity index (χ3v) is 5.31. The van der Waals surface area contributed by atoms with Crippen molar-refractivity contribution < 1.29 is 18.7 Å². The Balaban J connectivity index is 1.61. The molecular formula is C22H20FNO3S. The lowest BCUT2D eigenvalue weighted by molar-refractivity contribution is -0.139. The highest BCUT2D eigenvalue weighted by Crippen LogP contribution is 2.22. The van der Waals surface area contributed by atoms with Crippen molar-refractivity contribution in [2.75, 3.05) is 12.4 Å². The second kappa shape index (κ2) is 8.89. The standard InChI is InChI=1S/C22H20FNO3S/c1-15-12-18(16(2)24(15)17-8-4-3-5-9-17)20(25)13-27-22(26)14-28-21-11-7-6-10-19(21)23/h3-12H,13-14H2,1-2H3. The van der Waals surface area contributed by atoms with Gasteiger partial charge in [0.05, 0.1) is 5.75 Å². The Morgan fingerprint density at radius 1 is 1.04 bits per heavy atom. The highest BCUT2D eigenvalue weighted by molar-refractivity contribution is 8.00. The second-order valence-corrected chi connectivity index (χ2v) is 7.28. The fraction of sp³-hybridized carbons (Fsp3) is 0.182. The van der Waals surface area contributed by atoms with Crippen LogP contribution in [0.2, 0.25) is 0 Å². The Morgan fingerprint density at radius 2 is 1.71 bits per heavy atom. The van der Waals surface area contributed by atoms with Gasteiger partial charge >= 0.3 is 5.97 Å². The summed E-state index contributed by atoms with van der Waals surface area (Å²) >= 11 is 1.04. The molecule has 0 N–H and O–H groups in total. The van der Waals surface area contributed by atoms with E-state index < -0.39 is 5.97 Å². The van der Waals surface area contributed by atoms with Crippen LogP contribution in [0.4, 0.5) is 4.39 Å². The van der Waals surface area contributed by atoms with Crippen molar-refractivity contribution in [3.63, 3.8) is 0 Å². The number of Topliss-reactive ketones (excluding diaryl/α,β-unsaturated/α-hetero) is 1. The van der Waals surface area contributed by atoms with E-state index in [0.717, 1.165) is 28.8 Å². The number of hydrogen-bond acceptors (Lipinski definition) is 4. The Hall–Kier alpha value is -2.86. The second-order valence-electron chi connectivity index (χ2n) is 6.26. The average molecular weight is 397 g/mol. The van der Waals surface area contributed by atoms with E-state index in [-0.39, 0.29) is 24.0 Å². The molecular weight excluding hydrogens is 377 g/mol. The van der Waals surface area contributed by atoms with Gasteiger partial charge in [-0.3, -0.25) is 9.59 Å². The molecule has 28 heavy (non-hydrogen) atoms. The molecule has 0 radical (unpaired) electrons. The summed E-state index contributed by atoms with van der Waals surface area (Å²) in [6.07, 6.45) is 0. The summed E-state index contributed by atoms with van der Waals surface area (Å²) in [5.41, 5.74) is 3.21. The van der Waals surface area contributed by atoms with Gasteiger partial charge in [0.1, 0.15) is 5.82 Å². The van der Waals surface area contributed by atoms with Gasteiger partial charge in [0.25, 0.3) is 0 Å². The summed E-state index contributed by atoms with van der Waals surface area (Å²) in [7, 11) is 0. The SMILES string of the molecule is Cc1cc(C(=O)COC(=O)CSc2ccccc2F)c(C)n1-c1ccccc1. The predicted molar refractivity (Wildman–Crippen MR) is 108 cm³/mol. The van der Waals surface area contributed by atoms with Gasteiger partial charge in [0.15, 0.2) is 6.61 Å². The van der Waals surface area contributed by atoms with E-state index in [1.165, 1.54) is 6.07 Å². The first-order valence-corrected chi connectivity index (χ1v) is 9.76. The summed E-state index contributed by atoms with van der Waals surface area (Å²) in [5, 5.41) is 0. The molecule has 0 saturated carbocycles. The van der Waals surface area contributed by atoms with Crippen molar-refractivity contribution in [2.45, 2.75) is 18.7 Å². The van der Waals surface area contributed by atoms with Gasteiger partial charge in [0.2, 0.25) is 5.78 Å². The van der Waals surface area contributed by atoms with Gasteiger partial charge in [0, 0.05) is 27.5 Å². The number of halogens is 1. The first-order chi connectivity index (χ1) is 13.5. The maximum Gasteiger partial charge on any atom is 0.316 e. The fourth-order valence-electron chi connectivity index (χ4n) is 2.98. The third-order valence-electron chi connectivity index (χ3n) is 4.29. The van der Waals surface area contributed by atoms with Crippen LogP contribution in [-0.2, 0) is 9.53 Å². The molecule has 0 atom stereocenters. The van der Waals surface area contributed by atoms with Crippen LogP contribution in [0, 0.1) is 19.7 Å². The first kappa shape index (κ1) is 19.9. The molecule has 0 aliphatic rings. The predicted octanol–water partition coefficient (Wildman–Crippen LogP) is 4.75. The zero-order valence-corrected chi connectivity index (χ0v) is 16.5. The minimum Gasteiger partial charge on any atom is -0.457 e. The van der Waals surface area contributed by atoms with Crippen LogP contribution in [0.3, 0.4) is 0 Å². The molecule has 0 unspecified atom stereocenters. The Morgan fingerprint density at radius 3 is 2.43 bits per heavy atom. The molecule has 144 valence electrons. The van der Waals surface area contributed by atoms with E-state index in [0.29, 0.717) is 10.5 Å². The lowest BCUT2D eigenvalue weighted by atomic mass is 10.1. The number of carbonyl (C=O) groups excluding carboxylic acids is 2. The van der Waals surface area contributed by atoms with Crippen LogP contribution >= 0.6 is 11.8 Å². The normalized spacial score (nSPS) is 10.7. The molecule has 0 amide bonds. The molecule has 3 aromatic rings. The summed E-state index contributed by atoms with van der Waals surface area (Å²) in [5.74, 6) is -1.26. The molecule has 2 aromatic carbocycles. The largest absolute Gasteiger partial charge is 0.457 e. The van der Waals surface area contributed by atoms with Gasteiger partial charge in [-0.25, -0.2) is 4.39 Å². The molecule has 3 rings (SSSR count). The van der Waals surface area contributed by atoms with E-state index in [9.17, 15) is 14.0 Å². The fourth-order valence-corrected chi connectivity index (χ4v) is 3.72. The number of aryl methyl sites for hydroxylation is 1. The summed E-state index contributed by atoms with van der Waals surface area (Å²) < 4.78 is 20.6. The quantitative estimate of drug-likeness (QED) is 0.328. The number of thioether (sulfide) groups is 1. The zero-order valence-electron chi connectivity index (χ0n) is 15.6. The smallest absolute Gasteiger partial charge is 0.316 e. The van der Waals surface area contributed by atoms with Crippen molar-refractivity contribution in [1.82, 2.24) is 4.57 Å². The highest BCUT2D eigenvalue weighted by Gasteiger charge is 2.18. The van der Waals surface area contributed by atoms with Gasteiger partial charge in [-0.05, 0) is 44.2 Å². The Bertz CT molecular complexity index is 998. The Kier molecular flexibility index (Phi) is 6.31. The van der Waals surface area contributed by atoms with Crippen LogP contribution in [0.25, 0.3) is 5.69 Å². The van der Waals surface area contributed by atoms with Crippen molar-refractivity contribution >= 4 is 23.5 Å². The summed E-state index contributed by atoms with van der Waals surface area (Å²) in [6, 6.07) is 17.7. The number of ether oxygens (including phenoxy) is 1. The van der Waals surface area contributed by atoms with E-state index in [4.69, 9.17) is 4.74 Å². The minimum atomic E-state index is -0.557. The molecule has 0 bridgehead atoms. The monoisotopic (exact) mass is 397 g/mol. The molecule has 0 spiro atoms. The van der Waals surface area contributed by atoms with Crippen LogP contribution in [0.5, 0.6) is 0 Å². The van der Waals surface area contributed by atoms with E-state index in [2.05, 4.69) is 0 Å². The van der Waals surface area contributed by atoms with Crippen molar-refractivity contribution in [1.29, 1.82) is 0 Å². The number of para-hydroxylation sites is 1. The number of hydrogen-bond donors (Lipinski definition) is 0. The number of ketones is 1. The number of nitrogens with zero attached hydrogens (tertiary/aromatic N) is 1. The van der Waals surface area contributed by atoms with E-state index in [1.807, 2.05) is 48.7 Å². The minimum absolute atomic E-state index is 0.0583. The van der Waals surface area contributed by atoms with Gasteiger partial charge in [-0.1, -0.05) is 30.3 Å². The first-order valence-electron chi connectivity index (χ1n) is 8.78. The topological polar surface area (TPSA) is 48.3 Å². The van der Waals surface area contributed by atoms with Crippen LogP contribution in [0.15, 0.2) is 65.6 Å². The Labute approximate surface area is 167 Å². The number of esters is 1. The lowest BCUT2D eigenvalue weighted by Gasteiger charge is -2.09. The number of benzene rings is 2.